The van der Waals surface area contributed by atoms with Crippen LogP contribution in [-0.2, 0) is 20.4 Å². The quantitative estimate of drug-likeness (QED) is 0.856. The zero-order valence-corrected chi connectivity index (χ0v) is 12.8. The second-order valence-electron chi connectivity index (χ2n) is 5.10. The molecule has 0 saturated carbocycles. The molecular formula is C14H18ClNO3S. The fraction of sp³-hybridized carbons (Fsp3) is 0.500. The third kappa shape index (κ3) is 4.49. The number of hydrogen-bond donors (Lipinski definition) is 0. The van der Waals surface area contributed by atoms with Crippen LogP contribution in [0.2, 0.25) is 5.02 Å². The normalized spacial score (nSPS) is 16.1. The topological polar surface area (TPSA) is 54.5 Å². The van der Waals surface area contributed by atoms with Gasteiger partial charge < -0.3 is 4.90 Å². The number of carbonyl (C=O) groups is 1. The summed E-state index contributed by atoms with van der Waals surface area (Å²) in [7, 11) is -3.43. The molecule has 1 amide bonds. The number of piperidine rings is 1. The lowest BCUT2D eigenvalue weighted by atomic mass is 10.1. The van der Waals surface area contributed by atoms with Crippen LogP contribution in [0.15, 0.2) is 24.3 Å². The summed E-state index contributed by atoms with van der Waals surface area (Å²) in [6.07, 6.45) is 3.03. The molecule has 0 aromatic heterocycles. The van der Waals surface area contributed by atoms with Gasteiger partial charge in [0, 0.05) is 18.1 Å². The Balaban J connectivity index is 1.96. The Morgan fingerprint density at radius 3 is 2.30 bits per heavy atom. The highest BCUT2D eigenvalue weighted by molar-refractivity contribution is 7.91. The number of nitrogens with zero attached hydrogens (tertiary/aromatic N) is 1. The molecule has 1 saturated heterocycles. The van der Waals surface area contributed by atoms with E-state index >= 15 is 0 Å². The van der Waals surface area contributed by atoms with E-state index in [-0.39, 0.29) is 11.7 Å². The minimum absolute atomic E-state index is 0.121. The smallest absolute Gasteiger partial charge is 0.237 e. The zero-order valence-electron chi connectivity index (χ0n) is 11.2. The molecule has 1 heterocycles. The molecule has 1 aliphatic rings. The van der Waals surface area contributed by atoms with Crippen molar-refractivity contribution in [3.05, 3.63) is 34.9 Å². The van der Waals surface area contributed by atoms with Crippen molar-refractivity contribution in [2.75, 3.05) is 18.8 Å². The molecule has 0 N–H and O–H groups in total. The largest absolute Gasteiger partial charge is 0.342 e. The van der Waals surface area contributed by atoms with Crippen molar-refractivity contribution in [2.45, 2.75) is 25.0 Å². The van der Waals surface area contributed by atoms with Crippen LogP contribution in [0, 0.1) is 0 Å². The van der Waals surface area contributed by atoms with E-state index < -0.39 is 15.6 Å². The molecule has 1 fully saturated rings. The Morgan fingerprint density at radius 1 is 1.10 bits per heavy atom. The van der Waals surface area contributed by atoms with Crippen molar-refractivity contribution < 1.29 is 13.2 Å². The summed E-state index contributed by atoms with van der Waals surface area (Å²) in [6.45, 7) is 1.35. The molecule has 1 aromatic rings. The molecule has 6 heteroatoms. The van der Waals surface area contributed by atoms with Gasteiger partial charge in [0.25, 0.3) is 0 Å². The van der Waals surface area contributed by atoms with Gasteiger partial charge in [0.1, 0.15) is 5.75 Å². The summed E-state index contributed by atoms with van der Waals surface area (Å²) >= 11 is 5.76. The van der Waals surface area contributed by atoms with Crippen molar-refractivity contribution >= 4 is 27.3 Å². The van der Waals surface area contributed by atoms with E-state index in [0.717, 1.165) is 19.3 Å². The number of hydrogen-bond acceptors (Lipinski definition) is 3. The van der Waals surface area contributed by atoms with Crippen LogP contribution in [-0.4, -0.2) is 38.1 Å². The van der Waals surface area contributed by atoms with E-state index in [1.165, 1.54) is 0 Å². The molecule has 2 rings (SSSR count). The maximum atomic E-state index is 12.1. The average molecular weight is 316 g/mol. The molecule has 4 nitrogen and oxygen atoms in total. The molecule has 1 aromatic carbocycles. The van der Waals surface area contributed by atoms with Crippen LogP contribution in [0.5, 0.6) is 0 Å². The van der Waals surface area contributed by atoms with Gasteiger partial charge in [-0.1, -0.05) is 23.7 Å². The van der Waals surface area contributed by atoms with Gasteiger partial charge in [0.2, 0.25) is 5.91 Å². The van der Waals surface area contributed by atoms with Crippen molar-refractivity contribution in [2.24, 2.45) is 0 Å². The first-order chi connectivity index (χ1) is 9.46. The highest BCUT2D eigenvalue weighted by Crippen LogP contribution is 2.14. The van der Waals surface area contributed by atoms with Crippen molar-refractivity contribution in [1.29, 1.82) is 0 Å². The Kier molecular flexibility index (Phi) is 5.05. The molecular weight excluding hydrogens is 298 g/mol. The van der Waals surface area contributed by atoms with E-state index in [9.17, 15) is 13.2 Å². The summed E-state index contributed by atoms with van der Waals surface area (Å²) < 4.78 is 24.1. The number of rotatable bonds is 4. The summed E-state index contributed by atoms with van der Waals surface area (Å²) in [5, 5.41) is 0.565. The van der Waals surface area contributed by atoms with Gasteiger partial charge in [-0.3, -0.25) is 4.79 Å². The van der Waals surface area contributed by atoms with Gasteiger partial charge in [-0.2, -0.15) is 0 Å². The number of halogens is 1. The lowest BCUT2D eigenvalue weighted by Gasteiger charge is -2.26. The molecule has 1 aliphatic heterocycles. The maximum Gasteiger partial charge on any atom is 0.237 e. The molecule has 0 atom stereocenters. The minimum Gasteiger partial charge on any atom is -0.342 e. The first kappa shape index (κ1) is 15.3. The van der Waals surface area contributed by atoms with Gasteiger partial charge in [-0.15, -0.1) is 0 Å². The van der Waals surface area contributed by atoms with Crippen LogP contribution in [0.4, 0.5) is 0 Å². The summed E-state index contributed by atoms with van der Waals surface area (Å²) in [5.74, 6) is -0.807. The Hall–Kier alpha value is -1.07. The number of sulfone groups is 1. The zero-order chi connectivity index (χ0) is 14.6. The highest BCUT2D eigenvalue weighted by Gasteiger charge is 2.23. The van der Waals surface area contributed by atoms with E-state index in [4.69, 9.17) is 11.6 Å². The van der Waals surface area contributed by atoms with Crippen LogP contribution in [0.25, 0.3) is 0 Å². The number of likely N-dealkylation sites (tertiary alicyclic amines) is 1. The highest BCUT2D eigenvalue weighted by atomic mass is 35.5. The molecule has 110 valence electrons. The molecule has 20 heavy (non-hydrogen) atoms. The second-order valence-corrected chi connectivity index (χ2v) is 7.60. The average Bonchev–Trinajstić information content (AvgIpc) is 2.41. The molecule has 0 bridgehead atoms. The standard InChI is InChI=1S/C14H18ClNO3S/c15-13-6-4-12(5-7-13)10-20(18,19)11-14(17)16-8-2-1-3-9-16/h4-7H,1-3,8-11H2. The number of carbonyl (C=O) groups excluding carboxylic acids is 1. The van der Waals surface area contributed by atoms with Gasteiger partial charge in [0.15, 0.2) is 9.84 Å². The lowest BCUT2D eigenvalue weighted by molar-refractivity contribution is -0.129. The van der Waals surface area contributed by atoms with Gasteiger partial charge in [-0.25, -0.2) is 8.42 Å². The maximum absolute atomic E-state index is 12.1. The fourth-order valence-electron chi connectivity index (χ4n) is 2.31. The summed E-state index contributed by atoms with van der Waals surface area (Å²) in [6, 6.07) is 6.65. The van der Waals surface area contributed by atoms with E-state index in [0.29, 0.717) is 23.7 Å². The molecule has 0 radical (unpaired) electrons. The molecule has 0 unspecified atom stereocenters. The molecule has 0 spiro atoms. The first-order valence-electron chi connectivity index (χ1n) is 6.69. The second kappa shape index (κ2) is 6.59. The predicted octanol–water partition coefficient (Wildman–Crippen LogP) is 2.27. The van der Waals surface area contributed by atoms with Gasteiger partial charge >= 0.3 is 0 Å². The Morgan fingerprint density at radius 2 is 1.70 bits per heavy atom. The summed E-state index contributed by atoms with van der Waals surface area (Å²) in [5.41, 5.74) is 0.654. The number of amides is 1. The fourth-order valence-corrected chi connectivity index (χ4v) is 3.80. The third-order valence-corrected chi connectivity index (χ3v) is 5.06. The van der Waals surface area contributed by atoms with Crippen LogP contribution in [0.1, 0.15) is 24.8 Å². The van der Waals surface area contributed by atoms with Crippen LogP contribution >= 0.6 is 11.6 Å². The van der Waals surface area contributed by atoms with Gasteiger partial charge in [-0.05, 0) is 37.0 Å². The number of benzene rings is 1. The molecule has 0 aliphatic carbocycles. The SMILES string of the molecule is O=C(CS(=O)(=O)Cc1ccc(Cl)cc1)N1CCCCC1. The van der Waals surface area contributed by atoms with Crippen LogP contribution < -0.4 is 0 Å². The third-order valence-electron chi connectivity index (χ3n) is 3.35. The van der Waals surface area contributed by atoms with E-state index in [1.54, 1.807) is 29.2 Å². The lowest BCUT2D eigenvalue weighted by Crippen LogP contribution is -2.39. The van der Waals surface area contributed by atoms with E-state index in [2.05, 4.69) is 0 Å². The van der Waals surface area contributed by atoms with Crippen molar-refractivity contribution in [3.8, 4) is 0 Å². The van der Waals surface area contributed by atoms with Crippen molar-refractivity contribution in [1.82, 2.24) is 4.90 Å². The minimum atomic E-state index is -3.43. The monoisotopic (exact) mass is 315 g/mol. The van der Waals surface area contributed by atoms with Crippen molar-refractivity contribution in [3.63, 3.8) is 0 Å². The Bertz CT molecular complexity index is 563. The van der Waals surface area contributed by atoms with E-state index in [1.807, 2.05) is 0 Å². The Labute approximate surface area is 124 Å². The summed E-state index contributed by atoms with van der Waals surface area (Å²) in [4.78, 5) is 13.6. The predicted molar refractivity (Wildman–Crippen MR) is 79.4 cm³/mol. The van der Waals surface area contributed by atoms with Gasteiger partial charge in [0.05, 0.1) is 5.75 Å². The first-order valence-corrected chi connectivity index (χ1v) is 8.89. The van der Waals surface area contributed by atoms with Crippen LogP contribution in [0.3, 0.4) is 0 Å².